The van der Waals surface area contributed by atoms with Gasteiger partial charge < -0.3 is 4.90 Å². The summed E-state index contributed by atoms with van der Waals surface area (Å²) in [6.07, 6.45) is 6.06. The number of carbonyl (C=O) groups excluding carboxylic acids is 1. The first kappa shape index (κ1) is 22.3. The maximum Gasteiger partial charge on any atom is 0.233 e. The van der Waals surface area contributed by atoms with E-state index >= 15 is 0 Å². The third-order valence-electron chi connectivity index (χ3n) is 5.43. The zero-order chi connectivity index (χ0) is 21.0. The highest BCUT2D eigenvalue weighted by Gasteiger charge is 2.26. The van der Waals surface area contributed by atoms with Crippen LogP contribution in [0.2, 0.25) is 0 Å². The lowest BCUT2D eigenvalue weighted by atomic mass is 9.95. The molecule has 1 fully saturated rings. The van der Waals surface area contributed by atoms with Crippen LogP contribution in [0.4, 0.5) is 0 Å². The average Bonchev–Trinajstić information content (AvgIpc) is 3.11. The van der Waals surface area contributed by atoms with Gasteiger partial charge in [-0.2, -0.15) is 0 Å². The molecule has 5 nitrogen and oxygen atoms in total. The van der Waals surface area contributed by atoms with Crippen molar-refractivity contribution >= 4 is 33.6 Å². The fourth-order valence-corrected chi connectivity index (χ4v) is 5.35. The van der Waals surface area contributed by atoms with Crippen molar-refractivity contribution in [3.63, 3.8) is 0 Å². The standard InChI is InChI=1S/C22H31BrN4OS/c1-15(2)26(16(3)4)20(28)14-29-22-25-24-21(17-10-12-18(23)13-11-17)27(22)19-8-6-5-7-9-19/h10-13,15-16,19H,5-9,14H2,1-4H3. The lowest BCUT2D eigenvalue weighted by molar-refractivity contribution is -0.131. The van der Waals surface area contributed by atoms with Crippen molar-refractivity contribution in [1.82, 2.24) is 19.7 Å². The van der Waals surface area contributed by atoms with Crippen LogP contribution in [0.5, 0.6) is 0 Å². The van der Waals surface area contributed by atoms with E-state index in [1.807, 2.05) is 17.0 Å². The Balaban J connectivity index is 1.86. The van der Waals surface area contributed by atoms with Gasteiger partial charge in [-0.1, -0.05) is 59.1 Å². The molecule has 1 aliphatic carbocycles. The van der Waals surface area contributed by atoms with Crippen molar-refractivity contribution in [1.29, 1.82) is 0 Å². The van der Waals surface area contributed by atoms with Crippen LogP contribution in [0.25, 0.3) is 11.4 Å². The predicted molar refractivity (Wildman–Crippen MR) is 123 cm³/mol. The highest BCUT2D eigenvalue weighted by molar-refractivity contribution is 9.10. The monoisotopic (exact) mass is 478 g/mol. The molecule has 1 amide bonds. The molecule has 0 saturated heterocycles. The van der Waals surface area contributed by atoms with Crippen LogP contribution in [0.15, 0.2) is 33.9 Å². The second-order valence-electron chi connectivity index (χ2n) is 8.25. The molecule has 0 bridgehead atoms. The molecule has 1 aromatic carbocycles. The second-order valence-corrected chi connectivity index (χ2v) is 10.1. The molecule has 0 spiro atoms. The van der Waals surface area contributed by atoms with Crippen molar-refractivity contribution < 1.29 is 4.79 Å². The summed E-state index contributed by atoms with van der Waals surface area (Å²) in [6, 6.07) is 9.01. The van der Waals surface area contributed by atoms with Crippen LogP contribution in [-0.2, 0) is 4.79 Å². The van der Waals surface area contributed by atoms with Gasteiger partial charge in [0.2, 0.25) is 5.91 Å². The van der Waals surface area contributed by atoms with Gasteiger partial charge in [0.25, 0.3) is 0 Å². The van der Waals surface area contributed by atoms with Crippen molar-refractivity contribution in [3.8, 4) is 11.4 Å². The largest absolute Gasteiger partial charge is 0.337 e. The van der Waals surface area contributed by atoms with Crippen molar-refractivity contribution in [2.45, 2.75) is 83.1 Å². The molecule has 7 heteroatoms. The number of halogens is 1. The van der Waals surface area contributed by atoms with Crippen LogP contribution in [0.3, 0.4) is 0 Å². The first-order valence-corrected chi connectivity index (χ1v) is 12.3. The quantitative estimate of drug-likeness (QED) is 0.461. The van der Waals surface area contributed by atoms with E-state index in [1.165, 1.54) is 31.0 Å². The Kier molecular flexibility index (Phi) is 7.79. The lowest BCUT2D eigenvalue weighted by Crippen LogP contribution is -2.43. The topological polar surface area (TPSA) is 51.0 Å². The first-order valence-electron chi connectivity index (χ1n) is 10.5. The highest BCUT2D eigenvalue weighted by atomic mass is 79.9. The molecule has 0 N–H and O–H groups in total. The number of carbonyl (C=O) groups is 1. The van der Waals surface area contributed by atoms with Crippen LogP contribution in [0.1, 0.15) is 65.8 Å². The minimum absolute atomic E-state index is 0.156. The van der Waals surface area contributed by atoms with E-state index in [1.54, 1.807) is 0 Å². The normalized spacial score (nSPS) is 15.3. The smallest absolute Gasteiger partial charge is 0.233 e. The van der Waals surface area contributed by atoms with Crippen LogP contribution < -0.4 is 0 Å². The third-order valence-corrected chi connectivity index (χ3v) is 6.89. The fraction of sp³-hybridized carbons (Fsp3) is 0.591. The van der Waals surface area contributed by atoms with Gasteiger partial charge in [-0.15, -0.1) is 10.2 Å². The number of amides is 1. The maximum absolute atomic E-state index is 12.8. The number of thioether (sulfide) groups is 1. The van der Waals surface area contributed by atoms with Gasteiger partial charge in [0.05, 0.1) is 5.75 Å². The molecule has 1 saturated carbocycles. The maximum atomic E-state index is 12.8. The summed E-state index contributed by atoms with van der Waals surface area (Å²) < 4.78 is 3.34. The Morgan fingerprint density at radius 3 is 2.31 bits per heavy atom. The molecule has 29 heavy (non-hydrogen) atoms. The van der Waals surface area contributed by atoms with Gasteiger partial charge in [0, 0.05) is 28.2 Å². The number of nitrogens with zero attached hydrogens (tertiary/aromatic N) is 4. The van der Waals surface area contributed by atoms with Gasteiger partial charge in [0.15, 0.2) is 11.0 Å². The van der Waals surface area contributed by atoms with Crippen LogP contribution in [-0.4, -0.2) is 43.4 Å². The molecule has 2 aromatic rings. The number of hydrogen-bond donors (Lipinski definition) is 0. The summed E-state index contributed by atoms with van der Waals surface area (Å²) in [5.41, 5.74) is 1.07. The predicted octanol–water partition coefficient (Wildman–Crippen LogP) is 5.95. The van der Waals surface area contributed by atoms with Gasteiger partial charge in [-0.25, -0.2) is 0 Å². The third kappa shape index (κ3) is 5.43. The zero-order valence-electron chi connectivity index (χ0n) is 17.8. The summed E-state index contributed by atoms with van der Waals surface area (Å²) in [5, 5.41) is 9.90. The molecule has 0 aliphatic heterocycles. The van der Waals surface area contributed by atoms with Crippen molar-refractivity contribution in [3.05, 3.63) is 28.7 Å². The van der Waals surface area contributed by atoms with Gasteiger partial charge in [-0.3, -0.25) is 9.36 Å². The number of hydrogen-bond acceptors (Lipinski definition) is 4. The Bertz CT molecular complexity index is 805. The minimum Gasteiger partial charge on any atom is -0.337 e. The Morgan fingerprint density at radius 1 is 1.10 bits per heavy atom. The van der Waals surface area contributed by atoms with E-state index in [4.69, 9.17) is 0 Å². The fourth-order valence-electron chi connectivity index (χ4n) is 4.21. The molecule has 1 aliphatic rings. The molecule has 1 aromatic heterocycles. The first-order chi connectivity index (χ1) is 13.9. The summed E-state index contributed by atoms with van der Waals surface area (Å²) in [4.78, 5) is 14.8. The van der Waals surface area contributed by atoms with E-state index in [9.17, 15) is 4.79 Å². The molecular weight excluding hydrogens is 448 g/mol. The van der Waals surface area contributed by atoms with E-state index in [-0.39, 0.29) is 18.0 Å². The second kappa shape index (κ2) is 10.1. The zero-order valence-corrected chi connectivity index (χ0v) is 20.2. The average molecular weight is 479 g/mol. The van der Waals surface area contributed by atoms with Gasteiger partial charge >= 0.3 is 0 Å². The molecule has 0 radical (unpaired) electrons. The highest BCUT2D eigenvalue weighted by Crippen LogP contribution is 2.36. The summed E-state index contributed by atoms with van der Waals surface area (Å²) in [7, 11) is 0. The summed E-state index contributed by atoms with van der Waals surface area (Å²) >= 11 is 5.03. The number of benzene rings is 1. The van der Waals surface area contributed by atoms with Crippen LogP contribution in [0, 0.1) is 0 Å². The Labute approximate surface area is 186 Å². The number of aromatic nitrogens is 3. The van der Waals surface area contributed by atoms with Crippen molar-refractivity contribution in [2.75, 3.05) is 5.75 Å². The van der Waals surface area contributed by atoms with E-state index in [0.29, 0.717) is 11.8 Å². The molecule has 0 unspecified atom stereocenters. The minimum atomic E-state index is 0.156. The molecule has 1 heterocycles. The van der Waals surface area contributed by atoms with Gasteiger partial charge in [0.1, 0.15) is 0 Å². The van der Waals surface area contributed by atoms with E-state index < -0.39 is 0 Å². The molecule has 0 atom stereocenters. The molecule has 158 valence electrons. The molecule has 3 rings (SSSR count). The summed E-state index contributed by atoms with van der Waals surface area (Å²) in [6.45, 7) is 8.27. The SMILES string of the molecule is CC(C)N(C(=O)CSc1nnc(-c2ccc(Br)cc2)n1C1CCCCC1)C(C)C. The van der Waals surface area contributed by atoms with Gasteiger partial charge in [-0.05, 0) is 52.7 Å². The Morgan fingerprint density at radius 2 is 1.72 bits per heavy atom. The lowest BCUT2D eigenvalue weighted by Gasteiger charge is -2.31. The van der Waals surface area contributed by atoms with Crippen molar-refractivity contribution in [2.24, 2.45) is 0 Å². The van der Waals surface area contributed by atoms with Crippen LogP contribution >= 0.6 is 27.7 Å². The number of rotatable bonds is 7. The Hall–Kier alpha value is -1.34. The van der Waals surface area contributed by atoms with E-state index in [0.717, 1.165) is 33.9 Å². The van der Waals surface area contributed by atoms with E-state index in [2.05, 4.69) is 70.5 Å². The molecular formula is C22H31BrN4OS. The summed E-state index contributed by atoms with van der Waals surface area (Å²) in [5.74, 6) is 1.45.